The van der Waals surface area contributed by atoms with Crippen LogP contribution in [0.4, 0.5) is 0 Å². The van der Waals surface area contributed by atoms with Crippen LogP contribution in [-0.4, -0.2) is 0 Å². The molecule has 5 rings (SSSR count). The van der Waals surface area contributed by atoms with Crippen LogP contribution in [0.3, 0.4) is 0 Å². The summed E-state index contributed by atoms with van der Waals surface area (Å²) in [6.07, 6.45) is 0. The van der Waals surface area contributed by atoms with Gasteiger partial charge in [-0.05, 0) is 61.4 Å². The molecule has 0 aliphatic carbocycles. The highest BCUT2D eigenvalue weighted by Crippen LogP contribution is 2.46. The molecule has 1 aromatic heterocycles. The summed E-state index contributed by atoms with van der Waals surface area (Å²) in [5.41, 5.74) is 2.65. The highest BCUT2D eigenvalue weighted by Gasteiger charge is 2.15. The molecule has 0 saturated carbocycles. The lowest BCUT2D eigenvalue weighted by atomic mass is 10.1. The van der Waals surface area contributed by atoms with E-state index in [1.54, 1.807) is 0 Å². The van der Waals surface area contributed by atoms with Crippen LogP contribution in [0.15, 0.2) is 105 Å². The van der Waals surface area contributed by atoms with Gasteiger partial charge in [0.1, 0.15) is 0 Å². The van der Waals surface area contributed by atoms with E-state index in [4.69, 9.17) is 0 Å². The Kier molecular flexibility index (Phi) is 5.13. The Balaban J connectivity index is 1.70. The third-order valence-corrected chi connectivity index (χ3v) is 8.67. The van der Waals surface area contributed by atoms with Crippen molar-refractivity contribution in [2.75, 3.05) is 0 Å². The molecule has 0 amide bonds. The Morgan fingerprint density at radius 3 is 1.34 bits per heavy atom. The van der Waals surface area contributed by atoms with Crippen molar-refractivity contribution in [3.63, 3.8) is 0 Å². The maximum absolute atomic E-state index is 2.26. The van der Waals surface area contributed by atoms with Gasteiger partial charge in [-0.2, -0.15) is 0 Å². The monoisotopic (exact) mass is 428 g/mol. The summed E-state index contributed by atoms with van der Waals surface area (Å²) < 4.78 is 2.72. The zero-order chi connectivity index (χ0) is 19.8. The Bertz CT molecular complexity index is 1230. The van der Waals surface area contributed by atoms with Gasteiger partial charge < -0.3 is 0 Å². The van der Waals surface area contributed by atoms with Crippen molar-refractivity contribution >= 4 is 55.0 Å². The summed E-state index contributed by atoms with van der Waals surface area (Å²) in [4.78, 5) is 5.31. The molecule has 4 aromatic carbocycles. The topological polar surface area (TPSA) is 0 Å². The number of benzene rings is 4. The lowest BCUT2D eigenvalue weighted by molar-refractivity contribution is 1.30. The van der Waals surface area contributed by atoms with Crippen LogP contribution in [0.5, 0.6) is 0 Å². The molecule has 0 N–H and O–H groups in total. The van der Waals surface area contributed by atoms with E-state index in [-0.39, 0.29) is 0 Å². The number of hydrogen-bond acceptors (Lipinski definition) is 3. The van der Waals surface area contributed by atoms with E-state index < -0.39 is 0 Å². The summed E-state index contributed by atoms with van der Waals surface area (Å²) in [7, 11) is 0. The van der Waals surface area contributed by atoms with E-state index in [1.165, 1.54) is 50.9 Å². The van der Waals surface area contributed by atoms with Crippen molar-refractivity contribution in [2.24, 2.45) is 0 Å². The van der Waals surface area contributed by atoms with Gasteiger partial charge >= 0.3 is 0 Å². The van der Waals surface area contributed by atoms with Gasteiger partial charge in [0, 0.05) is 39.8 Å². The van der Waals surface area contributed by atoms with Crippen molar-refractivity contribution in [3.8, 4) is 0 Å². The van der Waals surface area contributed by atoms with Crippen LogP contribution in [0.1, 0.15) is 11.1 Å². The first-order valence-corrected chi connectivity index (χ1v) is 12.1. The highest BCUT2D eigenvalue weighted by atomic mass is 32.2. The summed E-state index contributed by atoms with van der Waals surface area (Å²) >= 11 is 5.65. The van der Waals surface area contributed by atoms with E-state index in [0.717, 1.165) is 0 Å². The Morgan fingerprint density at radius 1 is 0.483 bits per heavy atom. The smallest absolute Gasteiger partial charge is 0.0367 e. The van der Waals surface area contributed by atoms with Crippen molar-refractivity contribution in [2.45, 2.75) is 33.4 Å². The highest BCUT2D eigenvalue weighted by molar-refractivity contribution is 8.00. The molecule has 3 heteroatoms. The molecule has 0 fully saturated rings. The normalized spacial score (nSPS) is 11.4. The Morgan fingerprint density at radius 2 is 0.897 bits per heavy atom. The molecule has 0 unspecified atom stereocenters. The summed E-state index contributed by atoms with van der Waals surface area (Å²) in [6.45, 7) is 4.38. The summed E-state index contributed by atoms with van der Waals surface area (Å²) in [5.74, 6) is 0. The Labute approximate surface area is 184 Å². The number of aryl methyl sites for hydroxylation is 2. The molecule has 0 spiro atoms. The second-order valence-electron chi connectivity index (χ2n) is 7.10. The first-order chi connectivity index (χ1) is 14.2. The van der Waals surface area contributed by atoms with Crippen LogP contribution >= 0.6 is 34.9 Å². The average molecular weight is 429 g/mol. The molecule has 0 aliphatic heterocycles. The number of hydrogen-bond donors (Lipinski definition) is 0. The molecular weight excluding hydrogens is 408 g/mol. The summed E-state index contributed by atoms with van der Waals surface area (Å²) in [5, 5.41) is 2.77. The van der Waals surface area contributed by atoms with Crippen molar-refractivity contribution in [3.05, 3.63) is 96.1 Å². The molecule has 5 aromatic rings. The lowest BCUT2D eigenvalue weighted by Gasteiger charge is -2.10. The van der Waals surface area contributed by atoms with Gasteiger partial charge in [0.15, 0.2) is 0 Å². The van der Waals surface area contributed by atoms with E-state index in [2.05, 4.69) is 98.8 Å². The quantitative estimate of drug-likeness (QED) is 0.280. The maximum atomic E-state index is 2.26. The number of thiophene rings is 1. The first-order valence-electron chi connectivity index (χ1n) is 9.62. The van der Waals surface area contributed by atoms with E-state index in [0.29, 0.717) is 0 Å². The minimum atomic E-state index is 1.32. The molecule has 142 valence electrons. The lowest BCUT2D eigenvalue weighted by Crippen LogP contribution is -1.82. The van der Waals surface area contributed by atoms with Gasteiger partial charge in [-0.1, -0.05) is 72.1 Å². The van der Waals surface area contributed by atoms with E-state index in [1.807, 2.05) is 34.9 Å². The number of fused-ring (bicyclic) bond motifs is 3. The second kappa shape index (κ2) is 7.91. The van der Waals surface area contributed by atoms with Crippen molar-refractivity contribution in [1.29, 1.82) is 0 Å². The molecule has 1 heterocycles. The minimum Gasteiger partial charge on any atom is -0.135 e. The molecule has 29 heavy (non-hydrogen) atoms. The predicted molar refractivity (Wildman–Crippen MR) is 130 cm³/mol. The molecular formula is C26H20S3. The molecule has 0 saturated heterocycles. The third-order valence-electron chi connectivity index (χ3n) is 5.07. The summed E-state index contributed by atoms with van der Waals surface area (Å²) in [6, 6.07) is 30.7. The van der Waals surface area contributed by atoms with Gasteiger partial charge in [-0.15, -0.1) is 11.3 Å². The predicted octanol–water partition coefficient (Wildman–Crippen LogP) is 8.97. The van der Waals surface area contributed by atoms with Crippen LogP contribution in [0, 0.1) is 13.8 Å². The van der Waals surface area contributed by atoms with Crippen LogP contribution in [-0.2, 0) is 0 Å². The van der Waals surface area contributed by atoms with Crippen molar-refractivity contribution < 1.29 is 0 Å². The van der Waals surface area contributed by atoms with E-state index in [9.17, 15) is 0 Å². The molecule has 0 bridgehead atoms. The van der Waals surface area contributed by atoms with Crippen LogP contribution in [0.25, 0.3) is 20.2 Å². The SMILES string of the molecule is Cc1ccccc1Sc1cccc2sc3cccc(Sc4ccccc4C)c3c12. The van der Waals surface area contributed by atoms with Gasteiger partial charge in [0.2, 0.25) is 0 Å². The van der Waals surface area contributed by atoms with E-state index >= 15 is 0 Å². The fraction of sp³-hybridized carbons (Fsp3) is 0.0769. The largest absolute Gasteiger partial charge is 0.135 e. The van der Waals surface area contributed by atoms with Gasteiger partial charge in [-0.3, -0.25) is 0 Å². The number of rotatable bonds is 4. The molecule has 0 atom stereocenters. The first kappa shape index (κ1) is 18.8. The van der Waals surface area contributed by atoms with Gasteiger partial charge in [0.25, 0.3) is 0 Å². The fourth-order valence-electron chi connectivity index (χ4n) is 3.55. The van der Waals surface area contributed by atoms with Crippen LogP contribution < -0.4 is 0 Å². The standard InChI is InChI=1S/C26H20S3/c1-17-9-3-5-11-19(17)27-21-13-7-15-23-25(21)26-22(14-8-16-24(26)29-23)28-20-12-6-4-10-18(20)2/h3-16H,1-2H3. The molecule has 0 radical (unpaired) electrons. The van der Waals surface area contributed by atoms with Crippen LogP contribution in [0.2, 0.25) is 0 Å². The Hall–Kier alpha value is -2.20. The fourth-order valence-corrected chi connectivity index (χ4v) is 6.99. The average Bonchev–Trinajstić information content (AvgIpc) is 3.12. The molecule has 0 nitrogen and oxygen atoms in total. The van der Waals surface area contributed by atoms with Gasteiger partial charge in [0.05, 0.1) is 0 Å². The maximum Gasteiger partial charge on any atom is 0.0367 e. The zero-order valence-electron chi connectivity index (χ0n) is 16.3. The second-order valence-corrected chi connectivity index (χ2v) is 10.3. The van der Waals surface area contributed by atoms with Crippen molar-refractivity contribution in [1.82, 2.24) is 0 Å². The molecule has 0 aliphatic rings. The zero-order valence-corrected chi connectivity index (χ0v) is 18.8. The minimum absolute atomic E-state index is 1.32. The third kappa shape index (κ3) is 3.59. The van der Waals surface area contributed by atoms with Gasteiger partial charge in [-0.25, -0.2) is 0 Å².